The van der Waals surface area contributed by atoms with E-state index >= 15 is 0 Å². The molecule has 2 N–H and O–H groups in total. The monoisotopic (exact) mass is 252 g/mol. The van der Waals surface area contributed by atoms with Crippen molar-refractivity contribution in [2.24, 2.45) is 11.8 Å². The number of esters is 1. The summed E-state index contributed by atoms with van der Waals surface area (Å²) in [5.41, 5.74) is 6.14. The van der Waals surface area contributed by atoms with E-state index in [0.29, 0.717) is 16.6 Å². The van der Waals surface area contributed by atoms with Crippen LogP contribution >= 0.6 is 11.3 Å². The molecule has 4 nitrogen and oxygen atoms in total. The number of nitrogens with zero attached hydrogens (tertiary/aromatic N) is 1. The van der Waals surface area contributed by atoms with Gasteiger partial charge >= 0.3 is 5.97 Å². The van der Waals surface area contributed by atoms with Crippen LogP contribution in [0.1, 0.15) is 47.1 Å². The van der Waals surface area contributed by atoms with Gasteiger partial charge in [0.25, 0.3) is 0 Å². The second-order valence-electron chi connectivity index (χ2n) is 5.04. The van der Waals surface area contributed by atoms with Crippen LogP contribution in [0.25, 0.3) is 0 Å². The predicted molar refractivity (Wildman–Crippen MR) is 66.1 cm³/mol. The first-order chi connectivity index (χ1) is 8.19. The third-order valence-electron chi connectivity index (χ3n) is 4.10. The number of carbonyl (C=O) groups excluding carboxylic acids is 1. The number of rotatable bonds is 2. The minimum absolute atomic E-state index is 0.301. The Morgan fingerprint density at radius 1 is 1.47 bits per heavy atom. The molecule has 2 saturated carbocycles. The summed E-state index contributed by atoms with van der Waals surface area (Å²) in [5.74, 6) is 1.74. The fourth-order valence-electron chi connectivity index (χ4n) is 3.30. The average molecular weight is 252 g/mol. The van der Waals surface area contributed by atoms with Crippen molar-refractivity contribution >= 4 is 22.3 Å². The number of ether oxygens (including phenoxy) is 1. The number of nitrogen functional groups attached to an aromatic ring is 1. The van der Waals surface area contributed by atoms with Crippen LogP contribution in [0.3, 0.4) is 0 Å². The smallest absolute Gasteiger partial charge is 0.359 e. The van der Waals surface area contributed by atoms with Gasteiger partial charge in [-0.15, -0.1) is 11.3 Å². The van der Waals surface area contributed by atoms with Crippen molar-refractivity contribution in [3.63, 3.8) is 0 Å². The van der Waals surface area contributed by atoms with Gasteiger partial charge in [0.1, 0.15) is 5.00 Å². The van der Waals surface area contributed by atoms with Crippen LogP contribution in [0.4, 0.5) is 5.00 Å². The summed E-state index contributed by atoms with van der Waals surface area (Å²) in [6.07, 6.45) is 5.23. The fourth-order valence-corrected chi connectivity index (χ4v) is 4.33. The van der Waals surface area contributed by atoms with E-state index in [9.17, 15) is 4.79 Å². The van der Waals surface area contributed by atoms with Crippen LogP contribution in [0.15, 0.2) is 0 Å². The van der Waals surface area contributed by atoms with Gasteiger partial charge in [-0.2, -0.15) is 0 Å². The van der Waals surface area contributed by atoms with Gasteiger partial charge in [-0.3, -0.25) is 0 Å². The van der Waals surface area contributed by atoms with Gasteiger partial charge in [-0.1, -0.05) is 6.42 Å². The fraction of sp³-hybridized carbons (Fsp3) is 0.667. The quantitative estimate of drug-likeness (QED) is 0.821. The van der Waals surface area contributed by atoms with Gasteiger partial charge in [-0.25, -0.2) is 9.78 Å². The molecule has 2 bridgehead atoms. The van der Waals surface area contributed by atoms with E-state index in [4.69, 9.17) is 5.73 Å². The molecule has 2 fully saturated rings. The van der Waals surface area contributed by atoms with Crippen LogP contribution in [-0.4, -0.2) is 18.1 Å². The maximum atomic E-state index is 11.5. The molecule has 3 unspecified atom stereocenters. The zero-order valence-corrected chi connectivity index (χ0v) is 10.6. The maximum Gasteiger partial charge on any atom is 0.359 e. The molecular formula is C12H16N2O2S. The molecule has 92 valence electrons. The minimum atomic E-state index is -0.423. The Morgan fingerprint density at radius 2 is 2.29 bits per heavy atom. The number of hydrogen-bond donors (Lipinski definition) is 1. The Kier molecular flexibility index (Phi) is 2.58. The zero-order valence-electron chi connectivity index (χ0n) is 9.81. The molecule has 0 spiro atoms. The Morgan fingerprint density at radius 3 is 2.88 bits per heavy atom. The van der Waals surface area contributed by atoms with Gasteiger partial charge in [-0.05, 0) is 31.1 Å². The number of fused-ring (bicyclic) bond motifs is 2. The van der Waals surface area contributed by atoms with Crippen LogP contribution in [0.5, 0.6) is 0 Å². The van der Waals surface area contributed by atoms with Gasteiger partial charge < -0.3 is 10.5 Å². The highest BCUT2D eigenvalue weighted by Crippen LogP contribution is 2.53. The molecule has 2 aliphatic carbocycles. The highest BCUT2D eigenvalue weighted by molar-refractivity contribution is 7.16. The van der Waals surface area contributed by atoms with Crippen molar-refractivity contribution in [2.75, 3.05) is 12.8 Å². The summed E-state index contributed by atoms with van der Waals surface area (Å²) in [6.45, 7) is 0. The molecule has 5 heteroatoms. The van der Waals surface area contributed by atoms with Crippen molar-refractivity contribution in [3.8, 4) is 0 Å². The van der Waals surface area contributed by atoms with Crippen LogP contribution < -0.4 is 5.73 Å². The molecule has 0 saturated heterocycles. The first kappa shape index (κ1) is 11.0. The standard InChI is InChI=1S/C12H16N2O2S/c1-16-12(15)9-10(13)17-11(14-9)8-5-6-2-3-7(8)4-6/h6-8H,2-5,13H2,1H3. The molecular weight excluding hydrogens is 236 g/mol. The number of anilines is 1. The average Bonchev–Trinajstić information content (AvgIpc) is 3.01. The largest absolute Gasteiger partial charge is 0.464 e. The van der Waals surface area contributed by atoms with Crippen LogP contribution in [-0.2, 0) is 4.74 Å². The van der Waals surface area contributed by atoms with E-state index < -0.39 is 5.97 Å². The summed E-state index contributed by atoms with van der Waals surface area (Å²) in [4.78, 5) is 15.9. The number of carbonyl (C=O) groups is 1. The normalized spacial score (nSPS) is 30.8. The number of aromatic nitrogens is 1. The van der Waals surface area contributed by atoms with Crippen LogP contribution in [0, 0.1) is 11.8 Å². The lowest BCUT2D eigenvalue weighted by atomic mass is 9.89. The second-order valence-corrected chi connectivity index (χ2v) is 6.10. The first-order valence-corrected chi connectivity index (χ1v) is 6.85. The summed E-state index contributed by atoms with van der Waals surface area (Å²) < 4.78 is 4.68. The van der Waals surface area contributed by atoms with Gasteiger partial charge in [0.05, 0.1) is 12.1 Å². The summed E-state index contributed by atoms with van der Waals surface area (Å²) in [5, 5.41) is 1.53. The zero-order chi connectivity index (χ0) is 12.0. The lowest BCUT2D eigenvalue weighted by Crippen LogP contribution is -2.09. The number of nitrogens with two attached hydrogens (primary N) is 1. The van der Waals surface area contributed by atoms with E-state index in [1.54, 1.807) is 0 Å². The SMILES string of the molecule is COC(=O)c1nc(C2CC3CCC2C3)sc1N. The highest BCUT2D eigenvalue weighted by atomic mass is 32.1. The number of methoxy groups -OCH3 is 1. The number of hydrogen-bond acceptors (Lipinski definition) is 5. The topological polar surface area (TPSA) is 65.2 Å². The van der Waals surface area contributed by atoms with Crippen LogP contribution in [0.2, 0.25) is 0 Å². The molecule has 0 radical (unpaired) electrons. The lowest BCUT2D eigenvalue weighted by molar-refractivity contribution is 0.0596. The Hall–Kier alpha value is -1.10. The summed E-state index contributed by atoms with van der Waals surface area (Å²) in [6, 6.07) is 0. The van der Waals surface area contributed by atoms with Crippen molar-refractivity contribution in [1.82, 2.24) is 4.98 Å². The first-order valence-electron chi connectivity index (χ1n) is 6.03. The third kappa shape index (κ3) is 1.73. The molecule has 3 atom stereocenters. The van der Waals surface area contributed by atoms with Crippen molar-refractivity contribution in [1.29, 1.82) is 0 Å². The van der Waals surface area contributed by atoms with Crippen molar-refractivity contribution in [3.05, 3.63) is 10.7 Å². The Labute approximate surface area is 104 Å². The minimum Gasteiger partial charge on any atom is -0.464 e. The van der Waals surface area contributed by atoms with Gasteiger partial charge in [0.2, 0.25) is 0 Å². The summed E-state index contributed by atoms with van der Waals surface area (Å²) in [7, 11) is 1.36. The molecule has 1 aromatic heterocycles. The molecule has 0 aliphatic heterocycles. The van der Waals surface area contributed by atoms with E-state index in [-0.39, 0.29) is 0 Å². The molecule has 0 aromatic carbocycles. The van der Waals surface area contributed by atoms with E-state index in [2.05, 4.69) is 9.72 Å². The molecule has 1 aromatic rings. The second kappa shape index (κ2) is 3.98. The molecule has 1 heterocycles. The van der Waals surface area contributed by atoms with Gasteiger partial charge in [0, 0.05) is 5.92 Å². The third-order valence-corrected chi connectivity index (χ3v) is 5.12. The van der Waals surface area contributed by atoms with E-state index in [1.165, 1.54) is 44.1 Å². The van der Waals surface area contributed by atoms with Gasteiger partial charge in [0.15, 0.2) is 5.69 Å². The molecule has 17 heavy (non-hydrogen) atoms. The van der Waals surface area contributed by atoms with E-state index in [1.807, 2.05) is 0 Å². The van der Waals surface area contributed by atoms with Crippen molar-refractivity contribution < 1.29 is 9.53 Å². The molecule has 0 amide bonds. The molecule has 2 aliphatic rings. The highest BCUT2D eigenvalue weighted by Gasteiger charge is 2.42. The summed E-state index contributed by atoms with van der Waals surface area (Å²) >= 11 is 1.46. The predicted octanol–water partition coefficient (Wildman–Crippen LogP) is 2.42. The van der Waals surface area contributed by atoms with Crippen molar-refractivity contribution in [2.45, 2.75) is 31.6 Å². The lowest BCUT2D eigenvalue weighted by Gasteiger charge is -2.18. The Balaban J connectivity index is 1.87. The Bertz CT molecular complexity index is 457. The maximum absolute atomic E-state index is 11.5. The molecule has 3 rings (SSSR count). The van der Waals surface area contributed by atoms with E-state index in [0.717, 1.165) is 16.8 Å². The number of thiazole rings is 1.